The van der Waals surface area contributed by atoms with Crippen molar-refractivity contribution < 1.29 is 13.9 Å². The molecule has 0 radical (unpaired) electrons. The maximum atomic E-state index is 13.7. The molecule has 0 N–H and O–H groups in total. The molecule has 0 aliphatic carbocycles. The Balaban J connectivity index is 2.50. The lowest BCUT2D eigenvalue weighted by atomic mass is 10.1. The van der Waals surface area contributed by atoms with E-state index in [4.69, 9.17) is 9.47 Å². The molecule has 1 aromatic carbocycles. The van der Waals surface area contributed by atoms with Crippen LogP contribution in [0.2, 0.25) is 0 Å². The molecule has 0 atom stereocenters. The predicted octanol–water partition coefficient (Wildman–Crippen LogP) is 2.90. The van der Waals surface area contributed by atoms with Gasteiger partial charge in [0.1, 0.15) is 17.3 Å². The van der Waals surface area contributed by atoms with E-state index in [1.807, 2.05) is 0 Å². The number of aromatic nitrogens is 1. The molecule has 0 spiro atoms. The quantitative estimate of drug-likeness (QED) is 0.816. The standard InChI is InChI=1S/C13H12FNO2/c1-16-9-3-4-12(14)11(7-9)13-8-10(17-2)5-6-15-13/h3-8H,1-2H3. The zero-order chi connectivity index (χ0) is 12.3. The molecule has 0 bridgehead atoms. The van der Waals surface area contributed by atoms with E-state index in [1.165, 1.54) is 13.2 Å². The first-order chi connectivity index (χ1) is 8.24. The molecule has 2 rings (SSSR count). The van der Waals surface area contributed by atoms with Crippen molar-refractivity contribution in [3.05, 3.63) is 42.3 Å². The van der Waals surface area contributed by atoms with Crippen molar-refractivity contribution in [2.45, 2.75) is 0 Å². The summed E-state index contributed by atoms with van der Waals surface area (Å²) >= 11 is 0. The van der Waals surface area contributed by atoms with Crippen molar-refractivity contribution in [3.63, 3.8) is 0 Å². The number of nitrogens with zero attached hydrogens (tertiary/aromatic N) is 1. The van der Waals surface area contributed by atoms with Crippen molar-refractivity contribution in [2.24, 2.45) is 0 Å². The molecule has 1 aromatic heterocycles. The number of hydrogen-bond donors (Lipinski definition) is 0. The summed E-state index contributed by atoms with van der Waals surface area (Å²) in [4.78, 5) is 4.12. The van der Waals surface area contributed by atoms with E-state index < -0.39 is 0 Å². The minimum Gasteiger partial charge on any atom is -0.497 e. The van der Waals surface area contributed by atoms with Crippen molar-refractivity contribution in [1.29, 1.82) is 0 Å². The molecule has 0 fully saturated rings. The summed E-state index contributed by atoms with van der Waals surface area (Å²) in [6, 6.07) is 7.92. The summed E-state index contributed by atoms with van der Waals surface area (Å²) in [5.41, 5.74) is 0.906. The van der Waals surface area contributed by atoms with Crippen LogP contribution in [0.4, 0.5) is 4.39 Å². The fourth-order valence-electron chi connectivity index (χ4n) is 1.51. The fourth-order valence-corrected chi connectivity index (χ4v) is 1.51. The summed E-state index contributed by atoms with van der Waals surface area (Å²) in [5.74, 6) is 0.884. The van der Waals surface area contributed by atoms with Crippen LogP contribution in [0.15, 0.2) is 36.5 Å². The molecule has 17 heavy (non-hydrogen) atoms. The van der Waals surface area contributed by atoms with Gasteiger partial charge in [-0.05, 0) is 24.3 Å². The van der Waals surface area contributed by atoms with Gasteiger partial charge in [0.25, 0.3) is 0 Å². The highest BCUT2D eigenvalue weighted by Gasteiger charge is 2.08. The van der Waals surface area contributed by atoms with Crippen LogP contribution in [-0.4, -0.2) is 19.2 Å². The Hall–Kier alpha value is -2.10. The summed E-state index contributed by atoms with van der Waals surface area (Å²) in [6.07, 6.45) is 1.58. The van der Waals surface area contributed by atoms with E-state index in [0.717, 1.165) is 0 Å². The summed E-state index contributed by atoms with van der Waals surface area (Å²) < 4.78 is 23.8. The molecule has 0 unspecified atom stereocenters. The van der Waals surface area contributed by atoms with Gasteiger partial charge < -0.3 is 9.47 Å². The van der Waals surface area contributed by atoms with E-state index in [0.29, 0.717) is 22.8 Å². The first kappa shape index (κ1) is 11.4. The lowest BCUT2D eigenvalue weighted by Crippen LogP contribution is -1.91. The molecule has 88 valence electrons. The van der Waals surface area contributed by atoms with Gasteiger partial charge >= 0.3 is 0 Å². The van der Waals surface area contributed by atoms with Gasteiger partial charge in [0.05, 0.1) is 19.9 Å². The van der Waals surface area contributed by atoms with Gasteiger partial charge in [0, 0.05) is 17.8 Å². The maximum absolute atomic E-state index is 13.7. The Morgan fingerprint density at radius 3 is 2.41 bits per heavy atom. The maximum Gasteiger partial charge on any atom is 0.132 e. The zero-order valence-corrected chi connectivity index (χ0v) is 9.61. The van der Waals surface area contributed by atoms with Crippen LogP contribution < -0.4 is 9.47 Å². The minimum absolute atomic E-state index is 0.341. The third-order valence-electron chi connectivity index (χ3n) is 2.42. The van der Waals surface area contributed by atoms with Gasteiger partial charge in [0.15, 0.2) is 0 Å². The van der Waals surface area contributed by atoms with Gasteiger partial charge in [-0.2, -0.15) is 0 Å². The number of methoxy groups -OCH3 is 2. The summed E-state index contributed by atoms with van der Waals surface area (Å²) in [6.45, 7) is 0. The second kappa shape index (κ2) is 4.82. The van der Waals surface area contributed by atoms with Gasteiger partial charge in [0.2, 0.25) is 0 Å². The summed E-state index contributed by atoms with van der Waals surface area (Å²) in [7, 11) is 3.09. The van der Waals surface area contributed by atoms with Crippen molar-refractivity contribution >= 4 is 0 Å². The van der Waals surface area contributed by atoms with Gasteiger partial charge in [-0.25, -0.2) is 4.39 Å². The number of halogens is 1. The van der Waals surface area contributed by atoms with Gasteiger partial charge in [-0.1, -0.05) is 0 Å². The van der Waals surface area contributed by atoms with Crippen LogP contribution in [0.3, 0.4) is 0 Å². The topological polar surface area (TPSA) is 31.4 Å². The van der Waals surface area contributed by atoms with Crippen LogP contribution >= 0.6 is 0 Å². The highest BCUT2D eigenvalue weighted by Crippen LogP contribution is 2.27. The van der Waals surface area contributed by atoms with E-state index in [9.17, 15) is 4.39 Å². The van der Waals surface area contributed by atoms with E-state index in [-0.39, 0.29) is 5.82 Å². The minimum atomic E-state index is -0.341. The monoisotopic (exact) mass is 233 g/mol. The Morgan fingerprint density at radius 1 is 1.00 bits per heavy atom. The van der Waals surface area contributed by atoms with E-state index in [1.54, 1.807) is 37.6 Å². The molecule has 4 heteroatoms. The molecule has 1 heterocycles. The molecular formula is C13H12FNO2. The highest BCUT2D eigenvalue weighted by molar-refractivity contribution is 5.63. The molecule has 0 amide bonds. The first-order valence-electron chi connectivity index (χ1n) is 5.08. The van der Waals surface area contributed by atoms with E-state index in [2.05, 4.69) is 4.98 Å². The van der Waals surface area contributed by atoms with E-state index >= 15 is 0 Å². The molecule has 0 aliphatic rings. The molecular weight excluding hydrogens is 221 g/mol. The fraction of sp³-hybridized carbons (Fsp3) is 0.154. The van der Waals surface area contributed by atoms with Crippen LogP contribution in [0.5, 0.6) is 11.5 Å². The van der Waals surface area contributed by atoms with Crippen molar-refractivity contribution in [1.82, 2.24) is 4.98 Å². The third kappa shape index (κ3) is 2.36. The Morgan fingerprint density at radius 2 is 1.71 bits per heavy atom. The number of pyridine rings is 1. The lowest BCUT2D eigenvalue weighted by molar-refractivity contribution is 0.413. The third-order valence-corrected chi connectivity index (χ3v) is 2.42. The Labute approximate surface area is 98.8 Å². The normalized spacial score (nSPS) is 10.1. The van der Waals surface area contributed by atoms with Crippen LogP contribution in [0, 0.1) is 5.82 Å². The molecule has 0 saturated carbocycles. The first-order valence-corrected chi connectivity index (χ1v) is 5.08. The number of ether oxygens (including phenoxy) is 2. The Bertz CT molecular complexity index is 529. The molecule has 0 aliphatic heterocycles. The molecule has 3 nitrogen and oxygen atoms in total. The van der Waals surface area contributed by atoms with Crippen LogP contribution in [-0.2, 0) is 0 Å². The summed E-state index contributed by atoms with van der Waals surface area (Å²) in [5, 5.41) is 0. The predicted molar refractivity (Wildman–Crippen MR) is 62.7 cm³/mol. The second-order valence-electron chi connectivity index (χ2n) is 3.43. The van der Waals surface area contributed by atoms with Crippen LogP contribution in [0.25, 0.3) is 11.3 Å². The van der Waals surface area contributed by atoms with Crippen molar-refractivity contribution in [2.75, 3.05) is 14.2 Å². The van der Waals surface area contributed by atoms with Gasteiger partial charge in [-0.3, -0.25) is 4.98 Å². The SMILES string of the molecule is COc1ccnc(-c2cc(OC)ccc2F)c1. The lowest BCUT2D eigenvalue weighted by Gasteiger charge is -2.07. The van der Waals surface area contributed by atoms with Crippen LogP contribution in [0.1, 0.15) is 0 Å². The number of rotatable bonds is 3. The zero-order valence-electron chi connectivity index (χ0n) is 9.61. The average Bonchev–Trinajstić information content (AvgIpc) is 2.39. The smallest absolute Gasteiger partial charge is 0.132 e. The average molecular weight is 233 g/mol. The number of benzene rings is 1. The largest absolute Gasteiger partial charge is 0.497 e. The Kier molecular flexibility index (Phi) is 3.23. The highest BCUT2D eigenvalue weighted by atomic mass is 19.1. The van der Waals surface area contributed by atoms with Gasteiger partial charge in [-0.15, -0.1) is 0 Å². The second-order valence-corrected chi connectivity index (χ2v) is 3.43. The molecule has 0 saturated heterocycles. The molecule has 2 aromatic rings. The number of hydrogen-bond acceptors (Lipinski definition) is 3. The van der Waals surface area contributed by atoms with Crippen molar-refractivity contribution in [3.8, 4) is 22.8 Å².